The predicted molar refractivity (Wildman–Crippen MR) is 99.0 cm³/mol. The molecule has 2 aliphatic heterocycles. The van der Waals surface area contributed by atoms with Gasteiger partial charge in [0.05, 0.1) is 5.92 Å². The molecule has 2 saturated heterocycles. The number of piperidine rings is 2. The Hall–Kier alpha value is -1.92. The van der Waals surface area contributed by atoms with Crippen LogP contribution in [0.5, 0.6) is 0 Å². The van der Waals surface area contributed by atoms with Crippen molar-refractivity contribution in [2.45, 2.75) is 44.8 Å². The fraction of sp³-hybridized carbons (Fsp3) is 0.600. The summed E-state index contributed by atoms with van der Waals surface area (Å²) in [6.45, 7) is 3.97. The fourth-order valence-corrected chi connectivity index (χ4v) is 4.15. The maximum absolute atomic E-state index is 12.1. The van der Waals surface area contributed by atoms with Gasteiger partial charge in [-0.15, -0.1) is 0 Å². The first kappa shape index (κ1) is 18.9. The lowest BCUT2D eigenvalue weighted by atomic mass is 9.87. The van der Waals surface area contributed by atoms with E-state index in [4.69, 9.17) is 9.47 Å². The maximum Gasteiger partial charge on any atom is 0.234 e. The number of imide groups is 1. The van der Waals surface area contributed by atoms with Crippen LogP contribution >= 0.6 is 0 Å². The third-order valence-corrected chi connectivity index (χ3v) is 5.62. The van der Waals surface area contributed by atoms with Gasteiger partial charge in [0.2, 0.25) is 11.8 Å². The van der Waals surface area contributed by atoms with E-state index in [9.17, 15) is 9.59 Å². The van der Waals surface area contributed by atoms with Gasteiger partial charge in [0.1, 0.15) is 0 Å². The standard InChI is InChI=1S/C20H28N2O4/c1-13-12-15(22-10-8-14(9-11-22)20(25-2)26-3)4-5-16(13)17-6-7-18(23)21-19(17)24/h4-5,12,14,17,20H,6-11H2,1-3H3,(H,21,23,24). The molecular formula is C20H28N2O4. The molecule has 0 aromatic heterocycles. The first-order valence-electron chi connectivity index (χ1n) is 9.28. The minimum Gasteiger partial charge on any atom is -0.372 e. The Labute approximate surface area is 154 Å². The van der Waals surface area contributed by atoms with Crippen LogP contribution in [0.4, 0.5) is 5.69 Å². The lowest BCUT2D eigenvalue weighted by molar-refractivity contribution is -0.141. The molecule has 0 saturated carbocycles. The minimum atomic E-state index is -0.225. The average molecular weight is 360 g/mol. The number of nitrogens with zero attached hydrogens (tertiary/aromatic N) is 1. The molecule has 1 N–H and O–H groups in total. The van der Waals surface area contributed by atoms with E-state index in [1.54, 1.807) is 14.2 Å². The molecule has 3 rings (SSSR count). The summed E-state index contributed by atoms with van der Waals surface area (Å²) in [5, 5.41) is 2.45. The van der Waals surface area contributed by atoms with Gasteiger partial charge in [-0.3, -0.25) is 14.9 Å². The lowest BCUT2D eigenvalue weighted by Gasteiger charge is -2.36. The van der Waals surface area contributed by atoms with Crippen LogP contribution in [-0.2, 0) is 19.1 Å². The van der Waals surface area contributed by atoms with Crippen LogP contribution in [0.2, 0.25) is 0 Å². The maximum atomic E-state index is 12.1. The van der Waals surface area contributed by atoms with Crippen molar-refractivity contribution >= 4 is 17.5 Å². The molecule has 2 fully saturated rings. The largest absolute Gasteiger partial charge is 0.372 e. The number of benzene rings is 1. The van der Waals surface area contributed by atoms with Gasteiger partial charge in [0, 0.05) is 45.3 Å². The zero-order valence-electron chi connectivity index (χ0n) is 15.8. The number of hydrogen-bond donors (Lipinski definition) is 1. The number of methoxy groups -OCH3 is 2. The van der Waals surface area contributed by atoms with Crippen LogP contribution in [-0.4, -0.2) is 45.4 Å². The van der Waals surface area contributed by atoms with E-state index >= 15 is 0 Å². The molecule has 142 valence electrons. The molecule has 1 aromatic carbocycles. The predicted octanol–water partition coefficient (Wildman–Crippen LogP) is 2.35. The van der Waals surface area contributed by atoms with Crippen molar-refractivity contribution in [3.8, 4) is 0 Å². The van der Waals surface area contributed by atoms with E-state index in [-0.39, 0.29) is 24.0 Å². The molecule has 1 unspecified atom stereocenters. The Morgan fingerprint density at radius 3 is 2.38 bits per heavy atom. The number of carbonyl (C=O) groups excluding carboxylic acids is 2. The van der Waals surface area contributed by atoms with Crippen LogP contribution in [0.25, 0.3) is 0 Å². The minimum absolute atomic E-state index is 0.131. The third-order valence-electron chi connectivity index (χ3n) is 5.62. The Bertz CT molecular complexity index is 664. The number of nitrogens with one attached hydrogen (secondary N) is 1. The second-order valence-corrected chi connectivity index (χ2v) is 7.21. The molecule has 0 radical (unpaired) electrons. The third kappa shape index (κ3) is 3.91. The highest BCUT2D eigenvalue weighted by molar-refractivity contribution is 6.01. The number of carbonyl (C=O) groups is 2. The van der Waals surface area contributed by atoms with E-state index in [2.05, 4.69) is 22.3 Å². The lowest BCUT2D eigenvalue weighted by Crippen LogP contribution is -2.40. The highest BCUT2D eigenvalue weighted by Gasteiger charge is 2.30. The number of ether oxygens (including phenoxy) is 2. The van der Waals surface area contributed by atoms with Crippen LogP contribution in [0.15, 0.2) is 18.2 Å². The van der Waals surface area contributed by atoms with Crippen molar-refractivity contribution in [1.29, 1.82) is 0 Å². The Balaban J connectivity index is 1.67. The monoisotopic (exact) mass is 360 g/mol. The molecule has 26 heavy (non-hydrogen) atoms. The van der Waals surface area contributed by atoms with Gasteiger partial charge in [-0.2, -0.15) is 0 Å². The Morgan fingerprint density at radius 1 is 1.12 bits per heavy atom. The Kier molecular flexibility index (Phi) is 5.94. The van der Waals surface area contributed by atoms with Crippen LogP contribution in [0.1, 0.15) is 42.7 Å². The molecule has 6 heteroatoms. The Morgan fingerprint density at radius 2 is 1.81 bits per heavy atom. The summed E-state index contributed by atoms with van der Waals surface area (Å²) in [5.41, 5.74) is 3.31. The summed E-state index contributed by atoms with van der Waals surface area (Å²) in [7, 11) is 3.38. The smallest absolute Gasteiger partial charge is 0.234 e. The SMILES string of the molecule is COC(OC)C1CCN(c2ccc(C3CCC(=O)NC3=O)c(C)c2)CC1. The van der Waals surface area contributed by atoms with Gasteiger partial charge in [-0.25, -0.2) is 0 Å². The summed E-state index contributed by atoms with van der Waals surface area (Å²) in [6, 6.07) is 6.30. The number of aryl methyl sites for hydroxylation is 1. The highest BCUT2D eigenvalue weighted by Crippen LogP contribution is 2.32. The van der Waals surface area contributed by atoms with E-state index in [1.807, 2.05) is 13.0 Å². The van der Waals surface area contributed by atoms with Gasteiger partial charge in [0.25, 0.3) is 0 Å². The van der Waals surface area contributed by atoms with E-state index in [0.717, 1.165) is 37.1 Å². The molecular weight excluding hydrogens is 332 g/mol. The molecule has 0 aliphatic carbocycles. The summed E-state index contributed by atoms with van der Waals surface area (Å²) in [4.78, 5) is 25.9. The average Bonchev–Trinajstić information content (AvgIpc) is 2.64. The van der Waals surface area contributed by atoms with E-state index < -0.39 is 0 Å². The van der Waals surface area contributed by atoms with Crippen molar-refractivity contribution < 1.29 is 19.1 Å². The molecule has 0 bridgehead atoms. The van der Waals surface area contributed by atoms with Crippen molar-refractivity contribution in [3.05, 3.63) is 29.3 Å². The zero-order valence-corrected chi connectivity index (χ0v) is 15.8. The molecule has 1 aromatic rings. The summed E-state index contributed by atoms with van der Waals surface area (Å²) in [6.07, 6.45) is 2.92. The second-order valence-electron chi connectivity index (χ2n) is 7.21. The molecule has 0 spiro atoms. The van der Waals surface area contributed by atoms with Gasteiger partial charge in [-0.1, -0.05) is 6.07 Å². The second kappa shape index (κ2) is 8.18. The van der Waals surface area contributed by atoms with Crippen LogP contribution < -0.4 is 10.2 Å². The van der Waals surface area contributed by atoms with Crippen molar-refractivity contribution in [1.82, 2.24) is 5.32 Å². The topological polar surface area (TPSA) is 67.9 Å². The van der Waals surface area contributed by atoms with Gasteiger partial charge in [-0.05, 0) is 49.4 Å². The van der Waals surface area contributed by atoms with Gasteiger partial charge < -0.3 is 14.4 Å². The van der Waals surface area contributed by atoms with Crippen molar-refractivity contribution in [2.75, 3.05) is 32.2 Å². The van der Waals surface area contributed by atoms with Gasteiger partial charge >= 0.3 is 0 Å². The number of anilines is 1. The number of hydrogen-bond acceptors (Lipinski definition) is 5. The first-order valence-corrected chi connectivity index (χ1v) is 9.28. The van der Waals surface area contributed by atoms with Crippen LogP contribution in [0.3, 0.4) is 0 Å². The highest BCUT2D eigenvalue weighted by atomic mass is 16.7. The molecule has 2 heterocycles. The number of amides is 2. The molecule has 2 aliphatic rings. The summed E-state index contributed by atoms with van der Waals surface area (Å²) < 4.78 is 10.8. The number of rotatable bonds is 5. The van der Waals surface area contributed by atoms with Crippen molar-refractivity contribution in [3.63, 3.8) is 0 Å². The first-order chi connectivity index (χ1) is 12.5. The molecule has 1 atom stereocenters. The van der Waals surface area contributed by atoms with Crippen LogP contribution in [0, 0.1) is 12.8 Å². The summed E-state index contributed by atoms with van der Waals surface area (Å²) >= 11 is 0. The quantitative estimate of drug-likeness (QED) is 0.645. The van der Waals surface area contributed by atoms with E-state index in [1.165, 1.54) is 5.69 Å². The normalized spacial score (nSPS) is 22.0. The zero-order chi connectivity index (χ0) is 18.7. The summed E-state index contributed by atoms with van der Waals surface area (Å²) in [5.74, 6) is -0.154. The molecule has 6 nitrogen and oxygen atoms in total. The fourth-order valence-electron chi connectivity index (χ4n) is 4.15. The van der Waals surface area contributed by atoms with Crippen molar-refractivity contribution in [2.24, 2.45) is 5.92 Å². The molecule has 2 amide bonds. The van der Waals surface area contributed by atoms with E-state index in [0.29, 0.717) is 18.8 Å². The van der Waals surface area contributed by atoms with Gasteiger partial charge in [0.15, 0.2) is 6.29 Å².